The van der Waals surface area contributed by atoms with Crippen LogP contribution in [0.2, 0.25) is 5.02 Å². The molecule has 1 aromatic rings. The maximum atomic E-state index is 6.00. The summed E-state index contributed by atoms with van der Waals surface area (Å²) in [7, 11) is 0. The van der Waals surface area contributed by atoms with E-state index >= 15 is 0 Å². The SMILES string of the molecule is Clc1ccc(Br)cc1C1OCCO1. The molecule has 1 aliphatic rings. The molecule has 0 amide bonds. The average Bonchev–Trinajstić information content (AvgIpc) is 2.61. The smallest absolute Gasteiger partial charge is 0.185 e. The summed E-state index contributed by atoms with van der Waals surface area (Å²) in [5, 5.41) is 0.676. The van der Waals surface area contributed by atoms with Crippen LogP contribution in [-0.4, -0.2) is 13.2 Å². The van der Waals surface area contributed by atoms with Gasteiger partial charge in [0.05, 0.1) is 13.2 Å². The molecule has 1 aliphatic heterocycles. The molecule has 4 heteroatoms. The van der Waals surface area contributed by atoms with Gasteiger partial charge in [-0.1, -0.05) is 27.5 Å². The van der Waals surface area contributed by atoms with Crippen molar-refractivity contribution < 1.29 is 9.47 Å². The Morgan fingerprint density at radius 3 is 2.69 bits per heavy atom. The van der Waals surface area contributed by atoms with Crippen molar-refractivity contribution in [2.45, 2.75) is 6.29 Å². The van der Waals surface area contributed by atoms with Crippen LogP contribution in [0.3, 0.4) is 0 Å². The predicted molar refractivity (Wildman–Crippen MR) is 53.8 cm³/mol. The van der Waals surface area contributed by atoms with Gasteiger partial charge >= 0.3 is 0 Å². The molecule has 0 saturated carbocycles. The predicted octanol–water partition coefficient (Wildman–Crippen LogP) is 3.15. The van der Waals surface area contributed by atoms with E-state index in [1.165, 1.54) is 0 Å². The Hall–Kier alpha value is -0.0900. The molecule has 1 aromatic carbocycles. The number of hydrogen-bond donors (Lipinski definition) is 0. The minimum atomic E-state index is -0.301. The van der Waals surface area contributed by atoms with Gasteiger partial charge in [-0.15, -0.1) is 0 Å². The molecule has 0 radical (unpaired) electrons. The van der Waals surface area contributed by atoms with Crippen LogP contribution in [-0.2, 0) is 9.47 Å². The van der Waals surface area contributed by atoms with Gasteiger partial charge in [0.1, 0.15) is 0 Å². The van der Waals surface area contributed by atoms with Gasteiger partial charge < -0.3 is 9.47 Å². The quantitative estimate of drug-likeness (QED) is 0.775. The summed E-state index contributed by atoms with van der Waals surface area (Å²) in [5.41, 5.74) is 0.883. The highest BCUT2D eigenvalue weighted by Gasteiger charge is 2.20. The first-order valence-electron chi connectivity index (χ1n) is 3.95. The molecular formula is C9H8BrClO2. The molecule has 0 N–H and O–H groups in total. The fourth-order valence-electron chi connectivity index (χ4n) is 1.23. The van der Waals surface area contributed by atoms with Crippen molar-refractivity contribution in [3.63, 3.8) is 0 Å². The molecule has 1 fully saturated rings. The number of ether oxygens (including phenoxy) is 2. The van der Waals surface area contributed by atoms with Crippen LogP contribution in [0.15, 0.2) is 22.7 Å². The second kappa shape index (κ2) is 3.96. The Morgan fingerprint density at radius 2 is 2.00 bits per heavy atom. The third-order valence-corrected chi connectivity index (χ3v) is 2.67. The van der Waals surface area contributed by atoms with Crippen molar-refractivity contribution in [3.8, 4) is 0 Å². The number of hydrogen-bond acceptors (Lipinski definition) is 2. The van der Waals surface area contributed by atoms with Gasteiger partial charge in [0, 0.05) is 15.1 Å². The first-order valence-corrected chi connectivity index (χ1v) is 5.12. The lowest BCUT2D eigenvalue weighted by Crippen LogP contribution is -1.98. The molecular weight excluding hydrogens is 255 g/mol. The Kier molecular flexibility index (Phi) is 2.89. The van der Waals surface area contributed by atoms with E-state index in [9.17, 15) is 0 Å². The topological polar surface area (TPSA) is 18.5 Å². The highest BCUT2D eigenvalue weighted by Crippen LogP contribution is 2.31. The van der Waals surface area contributed by atoms with E-state index in [1.54, 1.807) is 0 Å². The third-order valence-electron chi connectivity index (χ3n) is 1.83. The van der Waals surface area contributed by atoms with Crippen LogP contribution in [0.25, 0.3) is 0 Å². The van der Waals surface area contributed by atoms with Gasteiger partial charge in [0.2, 0.25) is 0 Å². The fraction of sp³-hybridized carbons (Fsp3) is 0.333. The largest absolute Gasteiger partial charge is 0.346 e. The third kappa shape index (κ3) is 2.05. The van der Waals surface area contributed by atoms with Gasteiger partial charge in [-0.3, -0.25) is 0 Å². The zero-order valence-electron chi connectivity index (χ0n) is 6.80. The lowest BCUT2D eigenvalue weighted by Gasteiger charge is -2.11. The maximum Gasteiger partial charge on any atom is 0.185 e. The molecule has 0 unspecified atom stereocenters. The second-order valence-corrected chi connectivity index (χ2v) is 4.06. The van der Waals surface area contributed by atoms with Gasteiger partial charge in [-0.25, -0.2) is 0 Å². The van der Waals surface area contributed by atoms with Gasteiger partial charge in [-0.2, -0.15) is 0 Å². The zero-order valence-corrected chi connectivity index (χ0v) is 9.14. The molecule has 70 valence electrons. The second-order valence-electron chi connectivity index (χ2n) is 2.74. The lowest BCUT2D eigenvalue weighted by molar-refractivity contribution is -0.0440. The Balaban J connectivity index is 2.32. The molecule has 2 rings (SSSR count). The summed E-state index contributed by atoms with van der Waals surface area (Å²) < 4.78 is 11.7. The van der Waals surface area contributed by atoms with Crippen molar-refractivity contribution in [1.29, 1.82) is 0 Å². The molecule has 2 nitrogen and oxygen atoms in total. The van der Waals surface area contributed by atoms with E-state index < -0.39 is 0 Å². The van der Waals surface area contributed by atoms with Crippen molar-refractivity contribution in [1.82, 2.24) is 0 Å². The van der Waals surface area contributed by atoms with Crippen LogP contribution in [0.1, 0.15) is 11.9 Å². The zero-order chi connectivity index (χ0) is 9.26. The first kappa shape index (κ1) is 9.46. The minimum Gasteiger partial charge on any atom is -0.346 e. The highest BCUT2D eigenvalue weighted by atomic mass is 79.9. The Labute approximate surface area is 89.9 Å². The minimum absolute atomic E-state index is 0.301. The van der Waals surface area contributed by atoms with E-state index in [2.05, 4.69) is 15.9 Å². The summed E-state index contributed by atoms with van der Waals surface area (Å²) in [6.07, 6.45) is -0.301. The van der Waals surface area contributed by atoms with E-state index in [0.717, 1.165) is 10.0 Å². The first-order chi connectivity index (χ1) is 6.27. The molecule has 13 heavy (non-hydrogen) atoms. The van der Waals surface area contributed by atoms with Crippen LogP contribution in [0.4, 0.5) is 0 Å². The lowest BCUT2D eigenvalue weighted by atomic mass is 10.2. The maximum absolute atomic E-state index is 6.00. The normalized spacial score (nSPS) is 18.0. The number of benzene rings is 1. The summed E-state index contributed by atoms with van der Waals surface area (Å²) >= 11 is 9.37. The van der Waals surface area contributed by atoms with Crippen LogP contribution in [0.5, 0.6) is 0 Å². The molecule has 1 heterocycles. The van der Waals surface area contributed by atoms with Crippen LogP contribution in [0, 0.1) is 0 Å². The summed E-state index contributed by atoms with van der Waals surface area (Å²) in [6, 6.07) is 5.63. The van der Waals surface area contributed by atoms with Crippen LogP contribution >= 0.6 is 27.5 Å². The molecule has 0 aromatic heterocycles. The van der Waals surface area contributed by atoms with E-state index in [-0.39, 0.29) is 6.29 Å². The van der Waals surface area contributed by atoms with Crippen molar-refractivity contribution >= 4 is 27.5 Å². The van der Waals surface area contributed by atoms with E-state index in [1.807, 2.05) is 18.2 Å². The average molecular weight is 264 g/mol. The molecule has 0 aliphatic carbocycles. The molecule has 0 spiro atoms. The van der Waals surface area contributed by atoms with Crippen molar-refractivity contribution in [2.24, 2.45) is 0 Å². The van der Waals surface area contributed by atoms with Crippen molar-refractivity contribution in [3.05, 3.63) is 33.3 Å². The summed E-state index contributed by atoms with van der Waals surface area (Å²) in [4.78, 5) is 0. The fourth-order valence-corrected chi connectivity index (χ4v) is 1.82. The van der Waals surface area contributed by atoms with E-state index in [4.69, 9.17) is 21.1 Å². The van der Waals surface area contributed by atoms with Gasteiger partial charge in [0.25, 0.3) is 0 Å². The summed E-state index contributed by atoms with van der Waals surface area (Å²) in [5.74, 6) is 0. The van der Waals surface area contributed by atoms with Crippen LogP contribution < -0.4 is 0 Å². The Morgan fingerprint density at radius 1 is 1.31 bits per heavy atom. The summed E-state index contributed by atoms with van der Waals surface area (Å²) in [6.45, 7) is 1.26. The Bertz CT molecular complexity index is 310. The number of rotatable bonds is 1. The van der Waals surface area contributed by atoms with Crippen molar-refractivity contribution in [2.75, 3.05) is 13.2 Å². The number of halogens is 2. The van der Waals surface area contributed by atoms with Gasteiger partial charge in [0.15, 0.2) is 6.29 Å². The monoisotopic (exact) mass is 262 g/mol. The van der Waals surface area contributed by atoms with Gasteiger partial charge in [-0.05, 0) is 18.2 Å². The molecule has 0 bridgehead atoms. The standard InChI is InChI=1S/C9H8BrClO2/c10-6-1-2-8(11)7(5-6)9-12-3-4-13-9/h1-2,5,9H,3-4H2. The molecule has 1 saturated heterocycles. The molecule has 0 atom stereocenters. The highest BCUT2D eigenvalue weighted by molar-refractivity contribution is 9.10. The van der Waals surface area contributed by atoms with E-state index in [0.29, 0.717) is 18.2 Å².